The number of likely N-dealkylation sites (tertiary alicyclic amines) is 1. The van der Waals surface area contributed by atoms with Gasteiger partial charge >= 0.3 is 0 Å². The number of benzene rings is 1. The van der Waals surface area contributed by atoms with Crippen molar-refractivity contribution in [1.82, 2.24) is 14.8 Å². The number of hydrogen-bond acceptors (Lipinski definition) is 4. The average Bonchev–Trinajstić information content (AvgIpc) is 2.88. The number of carbonyl (C=O) groups excluding carboxylic acids is 1. The quantitative estimate of drug-likeness (QED) is 0.543. The third kappa shape index (κ3) is 7.29. The molecule has 178 valence electrons. The lowest BCUT2D eigenvalue weighted by molar-refractivity contribution is -0.138. The molecule has 5 heteroatoms. The summed E-state index contributed by atoms with van der Waals surface area (Å²) in [4.78, 5) is 21.8. The van der Waals surface area contributed by atoms with E-state index in [0.717, 1.165) is 69.7 Å². The Morgan fingerprint density at radius 1 is 1.06 bits per heavy atom. The third-order valence-electron chi connectivity index (χ3n) is 7.12. The zero-order valence-electron chi connectivity index (χ0n) is 20.1. The molecule has 2 heterocycles. The number of pyridine rings is 1. The normalized spacial score (nSPS) is 19.6. The minimum Gasteiger partial charge on any atom is -0.493 e. The van der Waals surface area contributed by atoms with Crippen LogP contribution < -0.4 is 4.74 Å². The van der Waals surface area contributed by atoms with Crippen LogP contribution in [0.2, 0.25) is 0 Å². The van der Waals surface area contributed by atoms with Gasteiger partial charge in [0.1, 0.15) is 5.75 Å². The van der Waals surface area contributed by atoms with E-state index in [2.05, 4.69) is 52.2 Å². The summed E-state index contributed by atoms with van der Waals surface area (Å²) in [5.41, 5.74) is 2.42. The summed E-state index contributed by atoms with van der Waals surface area (Å²) >= 11 is 0. The fraction of sp³-hybridized carbons (Fsp3) is 0.571. The molecule has 2 aromatic rings. The highest BCUT2D eigenvalue weighted by Gasteiger charge is 2.29. The van der Waals surface area contributed by atoms with E-state index < -0.39 is 0 Å². The number of rotatable bonds is 9. The lowest BCUT2D eigenvalue weighted by Crippen LogP contribution is -2.44. The van der Waals surface area contributed by atoms with E-state index in [-0.39, 0.29) is 5.92 Å². The molecule has 1 aliphatic carbocycles. The minimum absolute atomic E-state index is 0.271. The number of piperidine rings is 1. The Bertz CT molecular complexity index is 849. The van der Waals surface area contributed by atoms with Crippen molar-refractivity contribution in [2.75, 3.05) is 33.3 Å². The lowest BCUT2D eigenvalue weighted by Gasteiger charge is -2.35. The molecule has 0 radical (unpaired) electrons. The van der Waals surface area contributed by atoms with Gasteiger partial charge in [0.2, 0.25) is 5.91 Å². The van der Waals surface area contributed by atoms with E-state index >= 15 is 0 Å². The van der Waals surface area contributed by atoms with Crippen molar-refractivity contribution in [2.45, 2.75) is 57.9 Å². The Labute approximate surface area is 199 Å². The SMILES string of the molecule is CN(CCc1ccccn1)Cc1ccc(OCC2CCCN(C(=O)C3CCCCC3)C2)cc1. The molecule has 4 rings (SSSR count). The molecule has 1 atom stereocenters. The Hall–Kier alpha value is -2.40. The molecule has 1 aliphatic heterocycles. The first-order valence-corrected chi connectivity index (χ1v) is 12.8. The maximum atomic E-state index is 12.9. The summed E-state index contributed by atoms with van der Waals surface area (Å²) in [6.45, 7) is 4.36. The molecule has 2 aliphatic rings. The van der Waals surface area contributed by atoms with Gasteiger partial charge in [-0.1, -0.05) is 37.5 Å². The maximum Gasteiger partial charge on any atom is 0.225 e. The van der Waals surface area contributed by atoms with E-state index in [9.17, 15) is 4.79 Å². The number of hydrogen-bond donors (Lipinski definition) is 0. The highest BCUT2D eigenvalue weighted by molar-refractivity contribution is 5.79. The first kappa shape index (κ1) is 23.7. The minimum atomic E-state index is 0.271. The molecule has 0 N–H and O–H groups in total. The fourth-order valence-electron chi connectivity index (χ4n) is 5.16. The van der Waals surface area contributed by atoms with Crippen LogP contribution in [0, 0.1) is 11.8 Å². The van der Waals surface area contributed by atoms with Crippen LogP contribution >= 0.6 is 0 Å². The van der Waals surface area contributed by atoms with Crippen molar-refractivity contribution in [2.24, 2.45) is 11.8 Å². The smallest absolute Gasteiger partial charge is 0.225 e. The van der Waals surface area contributed by atoms with Gasteiger partial charge in [0.15, 0.2) is 0 Å². The molecule has 5 nitrogen and oxygen atoms in total. The van der Waals surface area contributed by atoms with E-state index in [0.29, 0.717) is 18.4 Å². The van der Waals surface area contributed by atoms with Gasteiger partial charge in [-0.25, -0.2) is 0 Å². The van der Waals surface area contributed by atoms with Gasteiger partial charge in [-0.15, -0.1) is 0 Å². The van der Waals surface area contributed by atoms with E-state index in [1.54, 1.807) is 0 Å². The van der Waals surface area contributed by atoms with E-state index in [4.69, 9.17) is 4.74 Å². The summed E-state index contributed by atoms with van der Waals surface area (Å²) < 4.78 is 6.12. The summed E-state index contributed by atoms with van der Waals surface area (Å²) in [6, 6.07) is 14.6. The predicted octanol–water partition coefficient (Wildman–Crippen LogP) is 4.95. The van der Waals surface area contributed by atoms with Crippen LogP contribution in [0.3, 0.4) is 0 Å². The lowest BCUT2D eigenvalue weighted by atomic mass is 9.87. The Kier molecular flexibility index (Phi) is 8.76. The van der Waals surface area contributed by atoms with E-state index in [1.807, 2.05) is 18.3 Å². The monoisotopic (exact) mass is 449 g/mol. The number of likely N-dealkylation sites (N-methyl/N-ethyl adjacent to an activating group) is 1. The van der Waals surface area contributed by atoms with Crippen LogP contribution in [0.5, 0.6) is 5.75 Å². The van der Waals surface area contributed by atoms with Gasteiger partial charge in [-0.2, -0.15) is 0 Å². The van der Waals surface area contributed by atoms with E-state index in [1.165, 1.54) is 24.8 Å². The molecular formula is C28H39N3O2. The van der Waals surface area contributed by atoms with Crippen molar-refractivity contribution in [3.8, 4) is 5.75 Å². The molecule has 1 unspecified atom stereocenters. The van der Waals surface area contributed by atoms with Crippen molar-refractivity contribution < 1.29 is 9.53 Å². The number of aromatic nitrogens is 1. The van der Waals surface area contributed by atoms with Crippen LogP contribution in [-0.2, 0) is 17.8 Å². The average molecular weight is 450 g/mol. The molecule has 1 amide bonds. The van der Waals surface area contributed by atoms with Crippen LogP contribution in [0.15, 0.2) is 48.7 Å². The second-order valence-corrected chi connectivity index (χ2v) is 9.89. The number of nitrogens with zero attached hydrogens (tertiary/aromatic N) is 3. The molecule has 1 aromatic carbocycles. The molecule has 2 fully saturated rings. The van der Waals surface area contributed by atoms with Gasteiger partial charge in [-0.3, -0.25) is 9.78 Å². The second-order valence-electron chi connectivity index (χ2n) is 9.89. The van der Waals surface area contributed by atoms with Crippen LogP contribution in [0.25, 0.3) is 0 Å². The highest BCUT2D eigenvalue weighted by atomic mass is 16.5. The third-order valence-corrected chi connectivity index (χ3v) is 7.12. The molecule has 1 aromatic heterocycles. The first-order chi connectivity index (χ1) is 16.2. The van der Waals surface area contributed by atoms with Crippen LogP contribution in [-0.4, -0.2) is 54.0 Å². The number of carbonyl (C=O) groups is 1. The molecule has 1 saturated carbocycles. The van der Waals surface area contributed by atoms with Gasteiger partial charge in [-0.05, 0) is 62.6 Å². The summed E-state index contributed by atoms with van der Waals surface area (Å²) in [5, 5.41) is 0. The topological polar surface area (TPSA) is 45.7 Å². The Balaban J connectivity index is 1.19. The molecule has 33 heavy (non-hydrogen) atoms. The predicted molar refractivity (Wildman–Crippen MR) is 132 cm³/mol. The zero-order valence-corrected chi connectivity index (χ0v) is 20.1. The highest BCUT2D eigenvalue weighted by Crippen LogP contribution is 2.28. The van der Waals surface area contributed by atoms with Crippen LogP contribution in [0.1, 0.15) is 56.2 Å². The number of ether oxygens (including phenoxy) is 1. The molecule has 0 spiro atoms. The molecule has 1 saturated heterocycles. The van der Waals surface area contributed by atoms with Crippen LogP contribution in [0.4, 0.5) is 0 Å². The largest absolute Gasteiger partial charge is 0.493 e. The Morgan fingerprint density at radius 2 is 1.88 bits per heavy atom. The maximum absolute atomic E-state index is 12.9. The molecular weight excluding hydrogens is 410 g/mol. The van der Waals surface area contributed by atoms with Crippen molar-refractivity contribution >= 4 is 5.91 Å². The van der Waals surface area contributed by atoms with Gasteiger partial charge < -0.3 is 14.5 Å². The van der Waals surface area contributed by atoms with Gasteiger partial charge in [0, 0.05) is 56.3 Å². The first-order valence-electron chi connectivity index (χ1n) is 12.8. The molecule has 0 bridgehead atoms. The van der Waals surface area contributed by atoms with Crippen molar-refractivity contribution in [3.63, 3.8) is 0 Å². The summed E-state index contributed by atoms with van der Waals surface area (Å²) in [7, 11) is 2.15. The summed E-state index contributed by atoms with van der Waals surface area (Å²) in [5.74, 6) is 2.03. The zero-order chi connectivity index (χ0) is 22.9. The Morgan fingerprint density at radius 3 is 2.64 bits per heavy atom. The van der Waals surface area contributed by atoms with Gasteiger partial charge in [0.25, 0.3) is 0 Å². The van der Waals surface area contributed by atoms with Gasteiger partial charge in [0.05, 0.1) is 6.61 Å². The van der Waals surface area contributed by atoms with Crippen molar-refractivity contribution in [3.05, 3.63) is 59.9 Å². The standard InChI is InChI=1S/C28H39N3O2/c1-30(19-16-26-11-5-6-17-29-26)20-23-12-14-27(15-13-23)33-22-24-8-7-18-31(21-24)28(32)25-9-3-2-4-10-25/h5-6,11-15,17,24-25H,2-4,7-10,16,18-22H2,1H3. The second kappa shape index (κ2) is 12.2. The van der Waals surface area contributed by atoms with Crippen molar-refractivity contribution in [1.29, 1.82) is 0 Å². The summed E-state index contributed by atoms with van der Waals surface area (Å²) in [6.07, 6.45) is 10.9. The fourth-order valence-corrected chi connectivity index (χ4v) is 5.16. The number of amides is 1.